The highest BCUT2D eigenvalue weighted by atomic mass is 16.5. The third-order valence-electron chi connectivity index (χ3n) is 5.91. The minimum atomic E-state index is -0.570. The zero-order valence-electron chi connectivity index (χ0n) is 17.0. The molecule has 2 aromatic carbocycles. The number of carbonyl (C=O) groups excluding carboxylic acids is 1. The van der Waals surface area contributed by atoms with Crippen LogP contribution in [0.4, 0.5) is 5.69 Å². The number of hydrogen-bond donors (Lipinski definition) is 1. The van der Waals surface area contributed by atoms with E-state index in [9.17, 15) is 4.79 Å². The molecule has 0 radical (unpaired) electrons. The van der Waals surface area contributed by atoms with Gasteiger partial charge in [-0.3, -0.25) is 4.79 Å². The molecule has 4 nitrogen and oxygen atoms in total. The maximum atomic E-state index is 12.4. The standard InChI is InChI=1S/C24H28N2O2/c1-17(2)28-19-11-9-18(10-12-19)13-15-24-23(3,4)20-7-5-6-8-21(20)26(24)16-14-22(27)25-24/h5-13,15,17H,14,16H2,1-4H3,(H,25,27)/b15-13+. The number of benzene rings is 2. The summed E-state index contributed by atoms with van der Waals surface area (Å²) < 4.78 is 5.73. The Morgan fingerprint density at radius 1 is 1.11 bits per heavy atom. The van der Waals surface area contributed by atoms with Crippen molar-refractivity contribution in [3.63, 3.8) is 0 Å². The Balaban J connectivity index is 1.71. The van der Waals surface area contributed by atoms with Crippen LogP contribution in [-0.2, 0) is 10.2 Å². The van der Waals surface area contributed by atoms with Gasteiger partial charge < -0.3 is 15.0 Å². The molecule has 1 unspecified atom stereocenters. The number of para-hydroxylation sites is 1. The van der Waals surface area contributed by atoms with E-state index in [1.54, 1.807) is 0 Å². The second-order valence-corrected chi connectivity index (χ2v) is 8.43. The fourth-order valence-corrected chi connectivity index (χ4v) is 4.47. The third-order valence-corrected chi connectivity index (χ3v) is 5.91. The lowest BCUT2D eigenvalue weighted by Gasteiger charge is -2.49. The Hall–Kier alpha value is -2.75. The predicted octanol–water partition coefficient (Wildman–Crippen LogP) is 4.50. The summed E-state index contributed by atoms with van der Waals surface area (Å²) in [5, 5.41) is 3.31. The molecule has 2 aliphatic heterocycles. The Bertz CT molecular complexity index is 914. The minimum absolute atomic E-state index is 0.0995. The first kappa shape index (κ1) is 18.6. The van der Waals surface area contributed by atoms with E-state index in [4.69, 9.17) is 4.74 Å². The molecule has 1 saturated heterocycles. The average Bonchev–Trinajstić information content (AvgIpc) is 2.85. The molecule has 0 bridgehead atoms. The Kier molecular flexibility index (Phi) is 4.45. The lowest BCUT2D eigenvalue weighted by Crippen LogP contribution is -2.68. The van der Waals surface area contributed by atoms with Gasteiger partial charge in [-0.1, -0.05) is 50.3 Å². The van der Waals surface area contributed by atoms with Crippen LogP contribution in [0.15, 0.2) is 54.6 Å². The van der Waals surface area contributed by atoms with Crippen LogP contribution in [0.3, 0.4) is 0 Å². The van der Waals surface area contributed by atoms with E-state index >= 15 is 0 Å². The molecule has 1 fully saturated rings. The number of rotatable bonds is 4. The highest BCUT2D eigenvalue weighted by molar-refractivity contribution is 5.84. The molecule has 1 atom stereocenters. The third kappa shape index (κ3) is 2.88. The number of amides is 1. The Labute approximate surface area is 167 Å². The SMILES string of the molecule is CC(C)Oc1ccc(/C=C/C23NC(=O)CCN2c2ccccc2C3(C)C)cc1. The molecule has 0 aliphatic carbocycles. The van der Waals surface area contributed by atoms with Crippen LogP contribution >= 0.6 is 0 Å². The highest BCUT2D eigenvalue weighted by Gasteiger charge is 2.57. The van der Waals surface area contributed by atoms with E-state index in [0.717, 1.165) is 17.9 Å². The smallest absolute Gasteiger partial charge is 0.223 e. The fourth-order valence-electron chi connectivity index (χ4n) is 4.47. The summed E-state index contributed by atoms with van der Waals surface area (Å²) >= 11 is 0. The average molecular weight is 377 g/mol. The van der Waals surface area contributed by atoms with E-state index in [1.165, 1.54) is 11.3 Å². The van der Waals surface area contributed by atoms with Gasteiger partial charge in [-0.2, -0.15) is 0 Å². The van der Waals surface area contributed by atoms with Gasteiger partial charge in [-0.05, 0) is 49.2 Å². The summed E-state index contributed by atoms with van der Waals surface area (Å²) in [4.78, 5) is 14.8. The predicted molar refractivity (Wildman–Crippen MR) is 114 cm³/mol. The van der Waals surface area contributed by atoms with Gasteiger partial charge in [0.2, 0.25) is 5.91 Å². The monoisotopic (exact) mass is 376 g/mol. The van der Waals surface area contributed by atoms with Crippen LogP contribution in [0.2, 0.25) is 0 Å². The normalized spacial score (nSPS) is 22.9. The Morgan fingerprint density at radius 3 is 2.54 bits per heavy atom. The molecule has 0 saturated carbocycles. The van der Waals surface area contributed by atoms with Crippen molar-refractivity contribution in [2.45, 2.75) is 51.3 Å². The van der Waals surface area contributed by atoms with Crippen LogP contribution in [-0.4, -0.2) is 24.2 Å². The Morgan fingerprint density at radius 2 is 1.82 bits per heavy atom. The largest absolute Gasteiger partial charge is 0.491 e. The molecule has 1 N–H and O–H groups in total. The van der Waals surface area contributed by atoms with E-state index in [2.05, 4.69) is 72.6 Å². The summed E-state index contributed by atoms with van der Waals surface area (Å²) in [5.41, 5.74) is 2.73. The van der Waals surface area contributed by atoms with Crippen LogP contribution in [0.5, 0.6) is 5.75 Å². The number of fused-ring (bicyclic) bond motifs is 3. The maximum absolute atomic E-state index is 12.4. The van der Waals surface area contributed by atoms with Crippen LogP contribution < -0.4 is 15.0 Å². The van der Waals surface area contributed by atoms with Crippen LogP contribution in [0, 0.1) is 0 Å². The molecule has 146 valence electrons. The zero-order valence-corrected chi connectivity index (χ0v) is 17.0. The van der Waals surface area contributed by atoms with Crippen molar-refractivity contribution in [1.82, 2.24) is 5.32 Å². The lowest BCUT2D eigenvalue weighted by molar-refractivity contribution is -0.124. The maximum Gasteiger partial charge on any atom is 0.223 e. The first-order valence-corrected chi connectivity index (χ1v) is 9.98. The number of ether oxygens (including phenoxy) is 1. The molecule has 4 heteroatoms. The molecular weight excluding hydrogens is 348 g/mol. The molecule has 0 aromatic heterocycles. The van der Waals surface area contributed by atoms with Gasteiger partial charge in [-0.15, -0.1) is 0 Å². The molecular formula is C24H28N2O2. The topological polar surface area (TPSA) is 41.6 Å². The van der Waals surface area contributed by atoms with E-state index < -0.39 is 5.66 Å². The van der Waals surface area contributed by atoms with Crippen LogP contribution in [0.1, 0.15) is 45.2 Å². The fraction of sp³-hybridized carbons (Fsp3) is 0.375. The van der Waals surface area contributed by atoms with Gasteiger partial charge in [0, 0.05) is 24.1 Å². The van der Waals surface area contributed by atoms with E-state index in [0.29, 0.717) is 6.42 Å². The summed E-state index contributed by atoms with van der Waals surface area (Å²) in [6, 6.07) is 16.6. The van der Waals surface area contributed by atoms with Crippen molar-refractivity contribution in [2.24, 2.45) is 0 Å². The molecule has 1 amide bonds. The van der Waals surface area contributed by atoms with E-state index in [1.807, 2.05) is 26.0 Å². The highest BCUT2D eigenvalue weighted by Crippen LogP contribution is 2.52. The molecule has 2 aliphatic rings. The summed E-state index contributed by atoms with van der Waals surface area (Å²) in [7, 11) is 0. The number of nitrogens with one attached hydrogen (secondary N) is 1. The summed E-state index contributed by atoms with van der Waals surface area (Å²) in [5.74, 6) is 0.967. The quantitative estimate of drug-likeness (QED) is 0.854. The van der Waals surface area contributed by atoms with Gasteiger partial charge >= 0.3 is 0 Å². The number of hydrogen-bond acceptors (Lipinski definition) is 3. The van der Waals surface area contributed by atoms with Gasteiger partial charge in [0.25, 0.3) is 0 Å². The van der Waals surface area contributed by atoms with Crippen molar-refractivity contribution >= 4 is 17.7 Å². The van der Waals surface area contributed by atoms with Gasteiger partial charge in [0.1, 0.15) is 11.4 Å². The molecule has 4 rings (SSSR count). The summed E-state index contributed by atoms with van der Waals surface area (Å²) in [6.07, 6.45) is 4.93. The van der Waals surface area contributed by atoms with Crippen LogP contribution in [0.25, 0.3) is 6.08 Å². The number of anilines is 1. The van der Waals surface area contributed by atoms with E-state index in [-0.39, 0.29) is 17.4 Å². The van der Waals surface area contributed by atoms with Crippen molar-refractivity contribution in [3.05, 3.63) is 65.7 Å². The van der Waals surface area contributed by atoms with Crippen molar-refractivity contribution in [1.29, 1.82) is 0 Å². The first-order valence-electron chi connectivity index (χ1n) is 9.98. The molecule has 28 heavy (non-hydrogen) atoms. The molecule has 2 heterocycles. The van der Waals surface area contributed by atoms with Gasteiger partial charge in [0.05, 0.1) is 6.10 Å². The van der Waals surface area contributed by atoms with Gasteiger partial charge in [0.15, 0.2) is 0 Å². The number of carbonyl (C=O) groups is 1. The molecule has 2 aromatic rings. The lowest BCUT2D eigenvalue weighted by atomic mass is 9.74. The first-order chi connectivity index (χ1) is 13.3. The van der Waals surface area contributed by atoms with Crippen molar-refractivity contribution in [3.8, 4) is 5.75 Å². The second kappa shape index (κ2) is 6.69. The second-order valence-electron chi connectivity index (χ2n) is 8.43. The zero-order chi connectivity index (χ0) is 19.9. The van der Waals surface area contributed by atoms with Gasteiger partial charge in [-0.25, -0.2) is 0 Å². The molecule has 0 spiro atoms. The summed E-state index contributed by atoms with van der Waals surface area (Å²) in [6.45, 7) is 9.18. The van der Waals surface area contributed by atoms with Crippen molar-refractivity contribution in [2.75, 3.05) is 11.4 Å². The van der Waals surface area contributed by atoms with Crippen molar-refractivity contribution < 1.29 is 9.53 Å². The number of nitrogens with zero attached hydrogens (tertiary/aromatic N) is 1. The minimum Gasteiger partial charge on any atom is -0.491 e.